The topological polar surface area (TPSA) is 64.6 Å². The van der Waals surface area contributed by atoms with Gasteiger partial charge in [-0.1, -0.05) is 19.8 Å². The van der Waals surface area contributed by atoms with Gasteiger partial charge in [0.15, 0.2) is 11.7 Å². The Morgan fingerprint density at radius 3 is 2.82 bits per heavy atom. The number of amides is 2. The average molecular weight is 301 g/mol. The summed E-state index contributed by atoms with van der Waals surface area (Å²) in [5, 5.41) is 0. The van der Waals surface area contributed by atoms with Gasteiger partial charge >= 0.3 is 6.03 Å². The lowest BCUT2D eigenvalue weighted by Crippen LogP contribution is -2.53. The Kier molecular flexibility index (Phi) is 3.20. The largest absolute Gasteiger partial charge is 0.337 e. The van der Waals surface area contributed by atoms with Crippen LogP contribution in [-0.4, -0.2) is 45.9 Å². The number of aliphatic imine (C=N–C) groups is 1. The first-order valence-electron chi connectivity index (χ1n) is 8.46. The van der Waals surface area contributed by atoms with Crippen LogP contribution >= 0.6 is 0 Å². The van der Waals surface area contributed by atoms with E-state index in [1.165, 1.54) is 25.7 Å². The predicted molar refractivity (Wildman–Crippen MR) is 85.5 cm³/mol. The molecule has 1 aromatic rings. The van der Waals surface area contributed by atoms with Crippen molar-refractivity contribution in [1.82, 2.24) is 14.9 Å². The number of fused-ring (bicyclic) bond motifs is 3. The summed E-state index contributed by atoms with van der Waals surface area (Å²) in [7, 11) is 0. The van der Waals surface area contributed by atoms with Crippen molar-refractivity contribution < 1.29 is 4.79 Å². The maximum atomic E-state index is 12.8. The van der Waals surface area contributed by atoms with Crippen LogP contribution in [0.3, 0.4) is 0 Å². The summed E-state index contributed by atoms with van der Waals surface area (Å²) in [5.41, 5.74) is 0.944. The smallest absolute Gasteiger partial charge is 0.331 e. The maximum absolute atomic E-state index is 12.8. The van der Waals surface area contributed by atoms with Gasteiger partial charge in [0.25, 0.3) is 0 Å². The Morgan fingerprint density at radius 1 is 1.32 bits per heavy atom. The lowest BCUT2D eigenvalue weighted by molar-refractivity contribution is 0.220. The van der Waals surface area contributed by atoms with Crippen molar-refractivity contribution in [2.24, 2.45) is 4.99 Å². The van der Waals surface area contributed by atoms with Crippen LogP contribution in [0.1, 0.15) is 63.4 Å². The third-order valence-corrected chi connectivity index (χ3v) is 4.98. The Morgan fingerprint density at radius 2 is 2.09 bits per heavy atom. The number of rotatable bonds is 3. The van der Waals surface area contributed by atoms with Gasteiger partial charge in [0, 0.05) is 12.5 Å². The van der Waals surface area contributed by atoms with Crippen LogP contribution in [0.4, 0.5) is 10.6 Å². The van der Waals surface area contributed by atoms with Crippen LogP contribution in [0.5, 0.6) is 0 Å². The SMILES string of the molecule is CCCN1C(=O)N2C(=NCC2C)c2[nH]c(C3CCCC3)nc21. The Balaban J connectivity index is 1.79. The molecular weight excluding hydrogens is 278 g/mol. The van der Waals surface area contributed by atoms with E-state index in [4.69, 9.17) is 4.98 Å². The van der Waals surface area contributed by atoms with E-state index >= 15 is 0 Å². The molecule has 3 heterocycles. The molecule has 0 saturated heterocycles. The Labute approximate surface area is 130 Å². The van der Waals surface area contributed by atoms with E-state index in [1.54, 1.807) is 0 Å². The first-order valence-corrected chi connectivity index (χ1v) is 8.46. The van der Waals surface area contributed by atoms with E-state index in [-0.39, 0.29) is 12.1 Å². The normalized spacial score (nSPS) is 24.7. The number of anilines is 1. The zero-order valence-corrected chi connectivity index (χ0v) is 13.3. The number of aromatic nitrogens is 2. The van der Waals surface area contributed by atoms with Crippen LogP contribution in [-0.2, 0) is 0 Å². The Hall–Kier alpha value is -1.85. The molecule has 1 atom stereocenters. The minimum Gasteiger partial charge on any atom is -0.337 e. The molecule has 1 fully saturated rings. The van der Waals surface area contributed by atoms with Gasteiger partial charge in [-0.25, -0.2) is 9.78 Å². The van der Waals surface area contributed by atoms with Gasteiger partial charge in [-0.05, 0) is 26.2 Å². The number of hydrogen-bond donors (Lipinski definition) is 1. The molecule has 22 heavy (non-hydrogen) atoms. The van der Waals surface area contributed by atoms with Crippen molar-refractivity contribution in [3.8, 4) is 0 Å². The summed E-state index contributed by atoms with van der Waals surface area (Å²) in [6.45, 7) is 5.53. The van der Waals surface area contributed by atoms with E-state index in [0.717, 1.165) is 29.6 Å². The molecule has 2 amide bonds. The molecule has 6 nitrogen and oxygen atoms in total. The van der Waals surface area contributed by atoms with Crippen molar-refractivity contribution in [3.63, 3.8) is 0 Å². The van der Waals surface area contributed by atoms with E-state index in [9.17, 15) is 4.79 Å². The number of carbonyl (C=O) groups is 1. The minimum absolute atomic E-state index is 0.0302. The summed E-state index contributed by atoms with van der Waals surface area (Å²) in [6.07, 6.45) is 5.86. The number of imidazole rings is 1. The second-order valence-corrected chi connectivity index (χ2v) is 6.62. The fourth-order valence-corrected chi connectivity index (χ4v) is 3.84. The number of aromatic amines is 1. The van der Waals surface area contributed by atoms with Crippen LogP contribution in [0.2, 0.25) is 0 Å². The van der Waals surface area contributed by atoms with Crippen LogP contribution in [0.25, 0.3) is 0 Å². The molecule has 4 rings (SSSR count). The number of carbonyl (C=O) groups excluding carboxylic acids is 1. The van der Waals surface area contributed by atoms with Crippen molar-refractivity contribution in [2.45, 2.75) is 57.9 Å². The first kappa shape index (κ1) is 13.8. The van der Waals surface area contributed by atoms with Gasteiger partial charge in [0.2, 0.25) is 0 Å². The van der Waals surface area contributed by atoms with Crippen molar-refractivity contribution in [3.05, 3.63) is 11.5 Å². The van der Waals surface area contributed by atoms with E-state index in [2.05, 4.69) is 23.8 Å². The van der Waals surface area contributed by atoms with E-state index in [0.29, 0.717) is 19.0 Å². The van der Waals surface area contributed by atoms with Gasteiger partial charge < -0.3 is 4.98 Å². The van der Waals surface area contributed by atoms with Crippen molar-refractivity contribution >= 4 is 17.7 Å². The highest BCUT2D eigenvalue weighted by molar-refractivity contribution is 6.18. The number of amidine groups is 1. The van der Waals surface area contributed by atoms with Gasteiger partial charge in [-0.15, -0.1) is 0 Å². The molecule has 118 valence electrons. The van der Waals surface area contributed by atoms with Crippen molar-refractivity contribution in [1.29, 1.82) is 0 Å². The monoisotopic (exact) mass is 301 g/mol. The Bertz CT molecular complexity index is 628. The minimum atomic E-state index is 0.0302. The zero-order chi connectivity index (χ0) is 15.3. The number of H-pyrrole nitrogens is 1. The summed E-state index contributed by atoms with van der Waals surface area (Å²) < 4.78 is 0. The first-order chi connectivity index (χ1) is 10.7. The maximum Gasteiger partial charge on any atom is 0.331 e. The van der Waals surface area contributed by atoms with Crippen LogP contribution in [0.15, 0.2) is 4.99 Å². The standard InChI is InChI=1S/C16H23N5O/c1-3-8-20-15-12(14-17-9-10(2)21(14)16(20)22)18-13(19-15)11-6-4-5-7-11/h10-11H,3-9H2,1-2H3,(H,18,19). The number of urea groups is 1. The quantitative estimate of drug-likeness (QED) is 0.933. The molecule has 0 bridgehead atoms. The van der Waals surface area contributed by atoms with Crippen LogP contribution < -0.4 is 4.90 Å². The van der Waals surface area contributed by atoms with E-state index in [1.807, 2.05) is 9.80 Å². The average Bonchev–Trinajstić information content (AvgIpc) is 3.21. The zero-order valence-electron chi connectivity index (χ0n) is 13.3. The van der Waals surface area contributed by atoms with Gasteiger partial charge in [0.1, 0.15) is 11.5 Å². The molecule has 1 saturated carbocycles. The summed E-state index contributed by atoms with van der Waals surface area (Å²) in [4.78, 5) is 29.4. The van der Waals surface area contributed by atoms with E-state index < -0.39 is 0 Å². The number of hydrogen-bond acceptors (Lipinski definition) is 3. The van der Waals surface area contributed by atoms with Gasteiger partial charge in [-0.2, -0.15) is 0 Å². The fourth-order valence-electron chi connectivity index (χ4n) is 3.84. The fraction of sp³-hybridized carbons (Fsp3) is 0.688. The summed E-state index contributed by atoms with van der Waals surface area (Å²) in [5.74, 6) is 3.13. The molecule has 1 unspecified atom stereocenters. The highest BCUT2D eigenvalue weighted by Gasteiger charge is 2.43. The lowest BCUT2D eigenvalue weighted by Gasteiger charge is -2.34. The molecular formula is C16H23N5O. The van der Waals surface area contributed by atoms with Gasteiger partial charge in [0.05, 0.1) is 12.6 Å². The molecule has 1 aliphatic carbocycles. The van der Waals surface area contributed by atoms with Crippen molar-refractivity contribution in [2.75, 3.05) is 18.0 Å². The highest BCUT2D eigenvalue weighted by Crippen LogP contribution is 2.37. The van der Waals surface area contributed by atoms with Gasteiger partial charge in [-0.3, -0.25) is 14.8 Å². The summed E-state index contributed by atoms with van der Waals surface area (Å²) >= 11 is 0. The molecule has 2 aliphatic heterocycles. The molecule has 0 aromatic carbocycles. The summed E-state index contributed by atoms with van der Waals surface area (Å²) in [6, 6.07) is 0.163. The second kappa shape index (κ2) is 5.11. The highest BCUT2D eigenvalue weighted by atomic mass is 16.2. The molecule has 6 heteroatoms. The number of nitrogens with one attached hydrogen (secondary N) is 1. The lowest BCUT2D eigenvalue weighted by atomic mass is 10.1. The second-order valence-electron chi connectivity index (χ2n) is 6.62. The third-order valence-electron chi connectivity index (χ3n) is 4.98. The molecule has 1 aromatic heterocycles. The third kappa shape index (κ3) is 1.89. The number of nitrogens with zero attached hydrogens (tertiary/aromatic N) is 4. The van der Waals surface area contributed by atoms with Crippen LogP contribution in [0, 0.1) is 0 Å². The molecule has 3 aliphatic rings. The molecule has 0 spiro atoms. The molecule has 0 radical (unpaired) electrons. The molecule has 1 N–H and O–H groups in total. The predicted octanol–water partition coefficient (Wildman–Crippen LogP) is 2.87.